The number of phenols is 1. The first-order valence-electron chi connectivity index (χ1n) is 9.65. The topological polar surface area (TPSA) is 115 Å². The van der Waals surface area contributed by atoms with Crippen molar-refractivity contribution in [3.63, 3.8) is 0 Å². The molecule has 0 saturated heterocycles. The SMILES string of the molecule is CN(c1ccccc1)S(=O)(=O)c1ccc(NC(=O)c2cc(-c3ccccc3O)n[nH]2)cc1. The van der Waals surface area contributed by atoms with Crippen molar-refractivity contribution < 1.29 is 18.3 Å². The van der Waals surface area contributed by atoms with E-state index in [1.165, 1.54) is 47.8 Å². The summed E-state index contributed by atoms with van der Waals surface area (Å²) in [5.74, 6) is -0.389. The Hall–Kier alpha value is -4.11. The first-order valence-corrected chi connectivity index (χ1v) is 11.1. The normalized spacial score (nSPS) is 11.2. The predicted molar refractivity (Wildman–Crippen MR) is 122 cm³/mol. The summed E-state index contributed by atoms with van der Waals surface area (Å²) >= 11 is 0. The summed E-state index contributed by atoms with van der Waals surface area (Å²) in [5.41, 5.74) is 2.10. The van der Waals surface area contributed by atoms with Gasteiger partial charge in [0.05, 0.1) is 16.3 Å². The summed E-state index contributed by atoms with van der Waals surface area (Å²) in [5, 5.41) is 19.4. The van der Waals surface area contributed by atoms with Crippen molar-refractivity contribution in [3.05, 3.63) is 90.6 Å². The van der Waals surface area contributed by atoms with Gasteiger partial charge in [-0.3, -0.25) is 14.2 Å². The number of amides is 1. The van der Waals surface area contributed by atoms with Gasteiger partial charge in [-0.15, -0.1) is 0 Å². The van der Waals surface area contributed by atoms with Gasteiger partial charge in [-0.25, -0.2) is 8.42 Å². The number of aromatic nitrogens is 2. The quantitative estimate of drug-likeness (QED) is 0.414. The highest BCUT2D eigenvalue weighted by atomic mass is 32.2. The fourth-order valence-electron chi connectivity index (χ4n) is 3.11. The van der Waals surface area contributed by atoms with E-state index in [9.17, 15) is 18.3 Å². The Bertz CT molecular complexity index is 1350. The monoisotopic (exact) mass is 448 g/mol. The molecule has 0 saturated carbocycles. The van der Waals surface area contributed by atoms with Crippen LogP contribution in [0.3, 0.4) is 0 Å². The number of hydrogen-bond donors (Lipinski definition) is 3. The number of para-hydroxylation sites is 2. The number of aromatic hydroxyl groups is 1. The molecule has 0 radical (unpaired) electrons. The lowest BCUT2D eigenvalue weighted by molar-refractivity contribution is 0.102. The summed E-state index contributed by atoms with van der Waals surface area (Å²) < 4.78 is 26.9. The lowest BCUT2D eigenvalue weighted by Gasteiger charge is -2.19. The zero-order valence-corrected chi connectivity index (χ0v) is 17.9. The zero-order valence-electron chi connectivity index (χ0n) is 17.1. The third kappa shape index (κ3) is 4.19. The first kappa shape index (κ1) is 21.1. The number of nitrogens with one attached hydrogen (secondary N) is 2. The predicted octanol–water partition coefficient (Wildman–Crippen LogP) is 3.86. The van der Waals surface area contributed by atoms with Crippen molar-refractivity contribution >= 4 is 27.3 Å². The summed E-state index contributed by atoms with van der Waals surface area (Å²) in [6.07, 6.45) is 0. The molecule has 0 aliphatic heterocycles. The van der Waals surface area contributed by atoms with Gasteiger partial charge in [-0.1, -0.05) is 30.3 Å². The molecule has 0 atom stereocenters. The maximum atomic E-state index is 12.9. The van der Waals surface area contributed by atoms with Crippen LogP contribution < -0.4 is 9.62 Å². The van der Waals surface area contributed by atoms with E-state index in [1.807, 2.05) is 6.07 Å². The molecule has 3 N–H and O–H groups in total. The van der Waals surface area contributed by atoms with Crippen molar-refractivity contribution in [1.82, 2.24) is 10.2 Å². The van der Waals surface area contributed by atoms with Crippen LogP contribution in [-0.4, -0.2) is 36.7 Å². The molecule has 1 aromatic heterocycles. The van der Waals surface area contributed by atoms with E-state index < -0.39 is 15.9 Å². The smallest absolute Gasteiger partial charge is 0.273 e. The van der Waals surface area contributed by atoms with Crippen molar-refractivity contribution in [1.29, 1.82) is 0 Å². The van der Waals surface area contributed by atoms with E-state index in [0.29, 0.717) is 22.6 Å². The molecular formula is C23H20N4O4S. The summed E-state index contributed by atoms with van der Waals surface area (Å²) in [4.78, 5) is 12.6. The Morgan fingerprint density at radius 2 is 1.62 bits per heavy atom. The third-order valence-corrected chi connectivity index (χ3v) is 6.69. The molecule has 8 nitrogen and oxygen atoms in total. The summed E-state index contributed by atoms with van der Waals surface area (Å²) in [6.45, 7) is 0. The van der Waals surface area contributed by atoms with E-state index in [4.69, 9.17) is 0 Å². The number of nitrogens with zero attached hydrogens (tertiary/aromatic N) is 2. The van der Waals surface area contributed by atoms with Crippen LogP contribution in [0.4, 0.5) is 11.4 Å². The second-order valence-electron chi connectivity index (χ2n) is 6.97. The molecule has 9 heteroatoms. The lowest BCUT2D eigenvalue weighted by Crippen LogP contribution is -2.26. The summed E-state index contributed by atoms with van der Waals surface area (Å²) in [6, 6.07) is 22.9. The van der Waals surface area contributed by atoms with Gasteiger partial charge in [-0.2, -0.15) is 5.10 Å². The molecule has 3 aromatic carbocycles. The molecule has 0 spiro atoms. The second kappa shape index (κ2) is 8.56. The second-order valence-corrected chi connectivity index (χ2v) is 8.94. The van der Waals surface area contributed by atoms with E-state index in [2.05, 4.69) is 15.5 Å². The molecule has 4 rings (SSSR count). The van der Waals surface area contributed by atoms with E-state index in [-0.39, 0.29) is 16.3 Å². The molecule has 0 fully saturated rings. The Morgan fingerprint density at radius 3 is 2.31 bits per heavy atom. The van der Waals surface area contributed by atoms with E-state index >= 15 is 0 Å². The van der Waals surface area contributed by atoms with Crippen LogP contribution >= 0.6 is 0 Å². The number of rotatable bonds is 6. The van der Waals surface area contributed by atoms with Gasteiger partial charge in [0, 0.05) is 18.3 Å². The van der Waals surface area contributed by atoms with E-state index in [1.54, 1.807) is 42.5 Å². The number of phenolic OH excluding ortho intramolecular Hbond substituents is 1. The fraction of sp³-hybridized carbons (Fsp3) is 0.0435. The average molecular weight is 449 g/mol. The molecule has 0 bridgehead atoms. The Kier molecular flexibility index (Phi) is 5.65. The number of hydrogen-bond acceptors (Lipinski definition) is 5. The maximum Gasteiger partial charge on any atom is 0.273 e. The minimum absolute atomic E-state index is 0.0585. The molecule has 4 aromatic rings. The maximum absolute atomic E-state index is 12.9. The Balaban J connectivity index is 1.48. The lowest BCUT2D eigenvalue weighted by atomic mass is 10.1. The first-order chi connectivity index (χ1) is 15.4. The van der Waals surface area contributed by atoms with Gasteiger partial charge in [-0.05, 0) is 54.6 Å². The largest absolute Gasteiger partial charge is 0.507 e. The van der Waals surface area contributed by atoms with Gasteiger partial charge < -0.3 is 10.4 Å². The molecule has 1 amide bonds. The van der Waals surface area contributed by atoms with Crippen LogP contribution in [0.5, 0.6) is 5.75 Å². The van der Waals surface area contributed by atoms with Crippen LogP contribution in [0.2, 0.25) is 0 Å². The van der Waals surface area contributed by atoms with Crippen molar-refractivity contribution in [3.8, 4) is 17.0 Å². The zero-order chi connectivity index (χ0) is 22.7. The van der Waals surface area contributed by atoms with Crippen LogP contribution in [0.1, 0.15) is 10.5 Å². The van der Waals surface area contributed by atoms with Crippen molar-refractivity contribution in [2.75, 3.05) is 16.7 Å². The van der Waals surface area contributed by atoms with Crippen LogP contribution in [0.15, 0.2) is 89.8 Å². The molecule has 1 heterocycles. The number of anilines is 2. The molecule has 0 unspecified atom stereocenters. The molecule has 32 heavy (non-hydrogen) atoms. The highest BCUT2D eigenvalue weighted by molar-refractivity contribution is 7.92. The minimum atomic E-state index is -3.74. The highest BCUT2D eigenvalue weighted by Crippen LogP contribution is 2.27. The van der Waals surface area contributed by atoms with E-state index in [0.717, 1.165) is 0 Å². The molecular weight excluding hydrogens is 428 g/mol. The number of carbonyl (C=O) groups is 1. The molecule has 0 aliphatic carbocycles. The van der Waals surface area contributed by atoms with Gasteiger partial charge in [0.15, 0.2) is 0 Å². The van der Waals surface area contributed by atoms with Crippen molar-refractivity contribution in [2.24, 2.45) is 0 Å². The fourth-order valence-corrected chi connectivity index (χ4v) is 4.31. The average Bonchev–Trinajstić information content (AvgIpc) is 3.30. The van der Waals surface area contributed by atoms with Crippen LogP contribution in [-0.2, 0) is 10.0 Å². The van der Waals surface area contributed by atoms with Crippen LogP contribution in [0, 0.1) is 0 Å². The number of sulfonamides is 1. The molecule has 162 valence electrons. The van der Waals surface area contributed by atoms with Crippen molar-refractivity contribution in [2.45, 2.75) is 4.90 Å². The van der Waals surface area contributed by atoms with Gasteiger partial charge in [0.25, 0.3) is 15.9 Å². The highest BCUT2D eigenvalue weighted by Gasteiger charge is 2.21. The van der Waals surface area contributed by atoms with Gasteiger partial charge >= 0.3 is 0 Å². The number of carbonyl (C=O) groups excluding carboxylic acids is 1. The Labute approximate surface area is 185 Å². The van der Waals surface area contributed by atoms with Gasteiger partial charge in [0.2, 0.25) is 0 Å². The number of aromatic amines is 1. The van der Waals surface area contributed by atoms with Crippen LogP contribution in [0.25, 0.3) is 11.3 Å². The minimum Gasteiger partial charge on any atom is -0.507 e. The number of H-pyrrole nitrogens is 1. The van der Waals surface area contributed by atoms with Gasteiger partial charge in [0.1, 0.15) is 11.4 Å². The third-order valence-electron chi connectivity index (χ3n) is 4.89. The standard InChI is InChI=1S/C23H20N4O4S/c1-27(17-7-3-2-4-8-17)32(30,31)18-13-11-16(12-14-18)24-23(29)21-15-20(25-26-21)19-9-5-6-10-22(19)28/h2-15,28H,1H3,(H,24,29)(H,25,26). The molecule has 0 aliphatic rings. The Morgan fingerprint density at radius 1 is 0.969 bits per heavy atom. The number of benzene rings is 3. The summed E-state index contributed by atoms with van der Waals surface area (Å²) in [7, 11) is -2.25.